The van der Waals surface area contributed by atoms with Crippen LogP contribution in [0.5, 0.6) is 0 Å². The van der Waals surface area contributed by atoms with Gasteiger partial charge in [0, 0.05) is 32.8 Å². The molecule has 0 atom stereocenters. The van der Waals surface area contributed by atoms with Crippen molar-refractivity contribution in [2.24, 2.45) is 0 Å². The van der Waals surface area contributed by atoms with Gasteiger partial charge in [0.25, 0.3) is 0 Å². The van der Waals surface area contributed by atoms with Crippen LogP contribution in [0.25, 0.3) is 77.2 Å². The van der Waals surface area contributed by atoms with Gasteiger partial charge in [-0.1, -0.05) is 97.1 Å². The van der Waals surface area contributed by atoms with Gasteiger partial charge in [0.15, 0.2) is 0 Å². The van der Waals surface area contributed by atoms with E-state index in [9.17, 15) is 15.8 Å². The fourth-order valence-electron chi connectivity index (χ4n) is 7.53. The molecular weight excluding hydrogens is 611 g/mol. The highest BCUT2D eigenvalue weighted by atomic mass is 15.0. The van der Waals surface area contributed by atoms with Gasteiger partial charge < -0.3 is 9.13 Å². The Morgan fingerprint density at radius 3 is 1.78 bits per heavy atom. The Kier molecular flexibility index (Phi) is 6.56. The average molecular weight is 636 g/mol. The Balaban J connectivity index is 1.30. The molecule has 5 nitrogen and oxygen atoms in total. The number of nitriles is 3. The Hall–Kier alpha value is -7.39. The molecule has 0 amide bonds. The molecule has 0 aliphatic rings. The summed E-state index contributed by atoms with van der Waals surface area (Å²) >= 11 is 0. The van der Waals surface area contributed by atoms with Gasteiger partial charge in [-0.15, -0.1) is 0 Å². The fraction of sp³-hybridized carbons (Fsp3) is 0. The maximum absolute atomic E-state index is 10.5. The van der Waals surface area contributed by atoms with Crippen molar-refractivity contribution in [1.29, 1.82) is 15.8 Å². The minimum atomic E-state index is 0.549. The Bertz CT molecular complexity index is 2970. The molecule has 0 bridgehead atoms. The van der Waals surface area contributed by atoms with Crippen LogP contribution in [0.4, 0.5) is 0 Å². The van der Waals surface area contributed by atoms with Gasteiger partial charge in [-0.2, -0.15) is 15.8 Å². The second kappa shape index (κ2) is 11.4. The second-order valence-electron chi connectivity index (χ2n) is 12.3. The SMILES string of the molecule is N#Cc1ccc2c(c1)c1ccccc1n2-c1c(C#N)cccc1-c1ccccc1-c1cccc(-n2c3ccccc3c3cccc(C#N)c32)c1. The van der Waals surface area contributed by atoms with E-state index in [4.69, 9.17) is 0 Å². The highest BCUT2D eigenvalue weighted by Gasteiger charge is 2.21. The smallest absolute Gasteiger partial charge is 0.101 e. The molecule has 0 N–H and O–H groups in total. The molecule has 0 fully saturated rings. The van der Waals surface area contributed by atoms with Crippen LogP contribution < -0.4 is 0 Å². The topological polar surface area (TPSA) is 81.2 Å². The Morgan fingerprint density at radius 1 is 0.400 bits per heavy atom. The molecule has 0 aliphatic heterocycles. The lowest BCUT2D eigenvalue weighted by Gasteiger charge is -2.19. The van der Waals surface area contributed by atoms with Crippen LogP contribution in [-0.2, 0) is 0 Å². The van der Waals surface area contributed by atoms with Gasteiger partial charge in [-0.25, -0.2) is 0 Å². The first-order valence-electron chi connectivity index (χ1n) is 16.3. The van der Waals surface area contributed by atoms with Crippen LogP contribution in [0.2, 0.25) is 0 Å². The zero-order valence-electron chi connectivity index (χ0n) is 26.7. The summed E-state index contributed by atoms with van der Waals surface area (Å²) in [5.41, 5.74) is 11.2. The normalized spacial score (nSPS) is 11.1. The second-order valence-corrected chi connectivity index (χ2v) is 12.3. The minimum Gasteiger partial charge on any atom is -0.308 e. The number of hydrogen-bond acceptors (Lipinski definition) is 3. The first-order chi connectivity index (χ1) is 24.7. The molecule has 50 heavy (non-hydrogen) atoms. The van der Waals surface area contributed by atoms with E-state index in [0.717, 1.165) is 77.2 Å². The van der Waals surface area contributed by atoms with Crippen LogP contribution in [0.3, 0.4) is 0 Å². The monoisotopic (exact) mass is 635 g/mol. The van der Waals surface area contributed by atoms with Crippen LogP contribution in [0.1, 0.15) is 16.7 Å². The lowest BCUT2D eigenvalue weighted by Crippen LogP contribution is -2.01. The molecule has 5 heteroatoms. The highest BCUT2D eigenvalue weighted by molar-refractivity contribution is 6.12. The van der Waals surface area contributed by atoms with Gasteiger partial charge in [0.05, 0.1) is 50.5 Å². The van der Waals surface area contributed by atoms with Crippen molar-refractivity contribution in [2.75, 3.05) is 0 Å². The summed E-state index contributed by atoms with van der Waals surface area (Å²) in [4.78, 5) is 0. The number of benzene rings is 7. The van der Waals surface area contributed by atoms with Crippen LogP contribution in [0.15, 0.2) is 152 Å². The number of nitrogens with zero attached hydrogens (tertiary/aromatic N) is 5. The molecule has 2 heterocycles. The number of aromatic nitrogens is 2. The lowest BCUT2D eigenvalue weighted by molar-refractivity contribution is 1.17. The van der Waals surface area contributed by atoms with Gasteiger partial charge in [-0.05, 0) is 71.3 Å². The Labute approximate surface area is 287 Å². The number of rotatable bonds is 4. The summed E-state index contributed by atoms with van der Waals surface area (Å²) in [6.07, 6.45) is 0. The van der Waals surface area contributed by atoms with Crippen molar-refractivity contribution < 1.29 is 0 Å². The maximum Gasteiger partial charge on any atom is 0.101 e. The quantitative estimate of drug-likeness (QED) is 0.193. The third-order valence-electron chi connectivity index (χ3n) is 9.63. The molecule has 0 spiro atoms. The fourth-order valence-corrected chi connectivity index (χ4v) is 7.53. The van der Waals surface area contributed by atoms with Crippen molar-refractivity contribution in [3.05, 3.63) is 168 Å². The maximum atomic E-state index is 10.5. The summed E-state index contributed by atoms with van der Waals surface area (Å²) in [5.74, 6) is 0. The van der Waals surface area contributed by atoms with E-state index in [1.165, 1.54) is 0 Å². The summed E-state index contributed by atoms with van der Waals surface area (Å²) in [6.45, 7) is 0. The van der Waals surface area contributed by atoms with Crippen molar-refractivity contribution in [1.82, 2.24) is 9.13 Å². The zero-order valence-corrected chi connectivity index (χ0v) is 26.7. The van der Waals surface area contributed by atoms with E-state index in [1.54, 1.807) is 0 Å². The zero-order chi connectivity index (χ0) is 33.8. The van der Waals surface area contributed by atoms with Gasteiger partial charge in [0.1, 0.15) is 12.1 Å². The predicted molar refractivity (Wildman–Crippen MR) is 200 cm³/mol. The molecule has 0 unspecified atom stereocenters. The van der Waals surface area contributed by atoms with Crippen LogP contribution in [0, 0.1) is 34.0 Å². The largest absolute Gasteiger partial charge is 0.308 e. The average Bonchev–Trinajstić information content (AvgIpc) is 3.70. The summed E-state index contributed by atoms with van der Waals surface area (Å²) in [6, 6.07) is 57.8. The number of hydrogen-bond donors (Lipinski definition) is 0. The highest BCUT2D eigenvalue weighted by Crippen LogP contribution is 2.42. The molecule has 0 saturated carbocycles. The van der Waals surface area contributed by atoms with Crippen molar-refractivity contribution in [3.63, 3.8) is 0 Å². The Morgan fingerprint density at radius 2 is 1.00 bits per heavy atom. The molecule has 0 radical (unpaired) electrons. The van der Waals surface area contributed by atoms with E-state index in [2.05, 4.69) is 100 Å². The van der Waals surface area contributed by atoms with Crippen molar-refractivity contribution in [3.8, 4) is 51.8 Å². The van der Waals surface area contributed by atoms with E-state index in [1.807, 2.05) is 78.9 Å². The first-order valence-corrected chi connectivity index (χ1v) is 16.3. The third kappa shape index (κ3) is 4.24. The van der Waals surface area contributed by atoms with E-state index >= 15 is 0 Å². The molecular formula is C45H25N5. The summed E-state index contributed by atoms with van der Waals surface area (Å²) < 4.78 is 4.35. The minimum absolute atomic E-state index is 0.549. The standard InChI is InChI=1S/C45H25N5/c46-26-29-22-23-43-40(24-29)37-17-4-6-21-42(37)50(43)45-32(28-48)12-8-18-38(45)35-15-2-1-14-34(35)30-10-7-13-33(25-30)49-41-20-5-3-16-36(41)39-19-9-11-31(27-47)44(39)49/h1-25H. The van der Waals surface area contributed by atoms with Gasteiger partial charge in [0.2, 0.25) is 0 Å². The molecule has 7 aromatic carbocycles. The third-order valence-corrected chi connectivity index (χ3v) is 9.63. The molecule has 0 saturated heterocycles. The van der Waals surface area contributed by atoms with Crippen molar-refractivity contribution >= 4 is 43.6 Å². The molecule has 230 valence electrons. The number of fused-ring (bicyclic) bond motifs is 6. The predicted octanol–water partition coefficient (Wildman–Crippen LogP) is 10.8. The molecule has 2 aromatic heterocycles. The van der Waals surface area contributed by atoms with E-state index < -0.39 is 0 Å². The van der Waals surface area contributed by atoms with Gasteiger partial charge >= 0.3 is 0 Å². The lowest BCUT2D eigenvalue weighted by atomic mass is 9.92. The van der Waals surface area contributed by atoms with Crippen LogP contribution in [-0.4, -0.2) is 9.13 Å². The van der Waals surface area contributed by atoms with Crippen molar-refractivity contribution in [2.45, 2.75) is 0 Å². The molecule has 0 aliphatic carbocycles. The molecule has 9 aromatic rings. The number of para-hydroxylation sites is 4. The van der Waals surface area contributed by atoms with Crippen LogP contribution >= 0.6 is 0 Å². The molecule has 9 rings (SSSR count). The van der Waals surface area contributed by atoms with E-state index in [0.29, 0.717) is 16.7 Å². The summed E-state index contributed by atoms with van der Waals surface area (Å²) in [5, 5.41) is 34.5. The van der Waals surface area contributed by atoms with Gasteiger partial charge in [-0.3, -0.25) is 0 Å². The van der Waals surface area contributed by atoms with E-state index in [-0.39, 0.29) is 0 Å². The first kappa shape index (κ1) is 28.8. The summed E-state index contributed by atoms with van der Waals surface area (Å²) in [7, 11) is 0.